The molecule has 1 aromatic carbocycles. The molecule has 7 heteroatoms. The zero-order valence-electron chi connectivity index (χ0n) is 13.0. The lowest BCUT2D eigenvalue weighted by Gasteiger charge is -2.14. The van der Waals surface area contributed by atoms with Crippen molar-refractivity contribution in [3.05, 3.63) is 52.7 Å². The van der Waals surface area contributed by atoms with Gasteiger partial charge in [0, 0.05) is 22.3 Å². The molecular formula is C16H19ClN4O2. The zero-order valence-corrected chi connectivity index (χ0v) is 13.7. The maximum atomic E-state index is 11.4. The number of nitrogens with zero attached hydrogens (tertiary/aromatic N) is 1. The first-order valence-corrected chi connectivity index (χ1v) is 7.53. The van der Waals surface area contributed by atoms with Crippen LogP contribution in [0.5, 0.6) is 5.88 Å². The number of hydrogen-bond donors (Lipinski definition) is 3. The monoisotopic (exact) mass is 334 g/mol. The number of anilines is 1. The number of carbonyl (C=O) groups is 1. The van der Waals surface area contributed by atoms with Crippen molar-refractivity contribution in [3.8, 4) is 5.88 Å². The number of urea groups is 1. The van der Waals surface area contributed by atoms with Gasteiger partial charge in [-0.15, -0.1) is 0 Å². The molecule has 0 fully saturated rings. The van der Waals surface area contributed by atoms with Crippen LogP contribution in [-0.4, -0.2) is 11.0 Å². The van der Waals surface area contributed by atoms with E-state index in [1.54, 1.807) is 24.3 Å². The molecule has 0 saturated heterocycles. The van der Waals surface area contributed by atoms with Gasteiger partial charge >= 0.3 is 6.03 Å². The largest absolute Gasteiger partial charge is 0.473 e. The highest BCUT2D eigenvalue weighted by Crippen LogP contribution is 2.26. The van der Waals surface area contributed by atoms with Gasteiger partial charge in [0.2, 0.25) is 5.88 Å². The van der Waals surface area contributed by atoms with Crippen molar-refractivity contribution in [2.24, 2.45) is 5.84 Å². The highest BCUT2D eigenvalue weighted by atomic mass is 35.5. The Morgan fingerprint density at radius 3 is 2.74 bits per heavy atom. The summed E-state index contributed by atoms with van der Waals surface area (Å²) < 4.78 is 5.72. The van der Waals surface area contributed by atoms with Gasteiger partial charge in [-0.3, -0.25) is 5.43 Å². The first kappa shape index (κ1) is 17.1. The van der Waals surface area contributed by atoms with Gasteiger partial charge in [0.1, 0.15) is 6.61 Å². The Morgan fingerprint density at radius 1 is 1.30 bits per heavy atom. The molecule has 6 nitrogen and oxygen atoms in total. The molecule has 1 aromatic heterocycles. The molecule has 0 aliphatic carbocycles. The second-order valence-corrected chi connectivity index (χ2v) is 5.62. The van der Waals surface area contributed by atoms with Crippen molar-refractivity contribution in [2.75, 3.05) is 5.32 Å². The lowest BCUT2D eigenvalue weighted by atomic mass is 10.1. The first-order valence-electron chi connectivity index (χ1n) is 7.16. The number of carbonyl (C=O) groups excluding carboxylic acids is 1. The Bertz CT molecular complexity index is 692. The van der Waals surface area contributed by atoms with Gasteiger partial charge in [-0.05, 0) is 24.1 Å². The van der Waals surface area contributed by atoms with E-state index in [-0.39, 0.29) is 6.61 Å². The summed E-state index contributed by atoms with van der Waals surface area (Å²) in [7, 11) is 0. The van der Waals surface area contributed by atoms with Gasteiger partial charge in [0.05, 0.1) is 5.69 Å². The normalized spacial score (nSPS) is 10.5. The minimum atomic E-state index is -0.534. The Kier molecular flexibility index (Phi) is 5.78. The van der Waals surface area contributed by atoms with Crippen LogP contribution in [0.15, 0.2) is 36.4 Å². The van der Waals surface area contributed by atoms with Gasteiger partial charge in [-0.25, -0.2) is 15.6 Å². The Hall–Kier alpha value is -2.31. The molecule has 0 spiro atoms. The topological polar surface area (TPSA) is 89.3 Å². The molecule has 0 aliphatic heterocycles. The van der Waals surface area contributed by atoms with Crippen LogP contribution in [0, 0.1) is 0 Å². The highest BCUT2D eigenvalue weighted by molar-refractivity contribution is 6.31. The fourth-order valence-electron chi connectivity index (χ4n) is 1.96. The molecule has 0 unspecified atom stereocenters. The molecule has 23 heavy (non-hydrogen) atoms. The predicted octanol–water partition coefficient (Wildman–Crippen LogP) is 3.43. The van der Waals surface area contributed by atoms with E-state index in [9.17, 15) is 4.79 Å². The predicted molar refractivity (Wildman–Crippen MR) is 90.5 cm³/mol. The number of pyridine rings is 1. The summed E-state index contributed by atoms with van der Waals surface area (Å²) in [6.07, 6.45) is 0. The smallest absolute Gasteiger partial charge is 0.333 e. The number of benzene rings is 1. The highest BCUT2D eigenvalue weighted by Gasteiger charge is 2.11. The van der Waals surface area contributed by atoms with Crippen LogP contribution in [-0.2, 0) is 6.61 Å². The minimum Gasteiger partial charge on any atom is -0.473 e. The summed E-state index contributed by atoms with van der Waals surface area (Å²) >= 11 is 6.20. The van der Waals surface area contributed by atoms with Crippen LogP contribution in [0.25, 0.3) is 0 Å². The second kappa shape index (κ2) is 7.80. The molecule has 0 bridgehead atoms. The zero-order chi connectivity index (χ0) is 16.8. The van der Waals surface area contributed by atoms with Crippen LogP contribution < -0.4 is 21.3 Å². The van der Waals surface area contributed by atoms with Crippen LogP contribution >= 0.6 is 11.6 Å². The van der Waals surface area contributed by atoms with E-state index in [0.29, 0.717) is 28.1 Å². The van der Waals surface area contributed by atoms with Crippen LogP contribution in [0.2, 0.25) is 5.02 Å². The number of aromatic nitrogens is 1. The number of rotatable bonds is 5. The van der Waals surface area contributed by atoms with Gasteiger partial charge < -0.3 is 10.1 Å². The van der Waals surface area contributed by atoms with E-state index in [4.69, 9.17) is 22.2 Å². The van der Waals surface area contributed by atoms with Crippen molar-refractivity contribution in [1.82, 2.24) is 10.4 Å². The molecule has 2 aromatic rings. The van der Waals surface area contributed by atoms with E-state index in [0.717, 1.165) is 5.69 Å². The average molecular weight is 335 g/mol. The lowest BCUT2D eigenvalue weighted by molar-refractivity contribution is 0.252. The molecule has 0 radical (unpaired) electrons. The number of ether oxygens (including phenoxy) is 1. The van der Waals surface area contributed by atoms with E-state index in [2.05, 4.69) is 24.1 Å². The molecule has 122 valence electrons. The van der Waals surface area contributed by atoms with Crippen LogP contribution in [0.3, 0.4) is 0 Å². The van der Waals surface area contributed by atoms with Crippen molar-refractivity contribution in [2.45, 2.75) is 26.4 Å². The van der Waals surface area contributed by atoms with Gasteiger partial charge in [0.25, 0.3) is 0 Å². The fraction of sp³-hybridized carbons (Fsp3) is 0.250. The Balaban J connectivity index is 2.17. The molecular weight excluding hydrogens is 316 g/mol. The third kappa shape index (κ3) is 4.58. The van der Waals surface area contributed by atoms with E-state index in [1.807, 2.05) is 17.6 Å². The van der Waals surface area contributed by atoms with E-state index < -0.39 is 6.03 Å². The number of hydrazine groups is 1. The lowest BCUT2D eigenvalue weighted by Crippen LogP contribution is -2.34. The quantitative estimate of drug-likeness (QED) is 0.444. The molecule has 0 atom stereocenters. The number of halogens is 1. The van der Waals surface area contributed by atoms with E-state index in [1.165, 1.54) is 0 Å². The second-order valence-electron chi connectivity index (χ2n) is 5.21. The molecule has 2 amide bonds. The number of nitrogens with one attached hydrogen (secondary N) is 2. The van der Waals surface area contributed by atoms with Crippen molar-refractivity contribution < 1.29 is 9.53 Å². The number of nitrogens with two attached hydrogens (primary N) is 1. The summed E-state index contributed by atoms with van der Waals surface area (Å²) in [4.78, 5) is 15.8. The third-order valence-electron chi connectivity index (χ3n) is 3.20. The average Bonchev–Trinajstić information content (AvgIpc) is 2.54. The van der Waals surface area contributed by atoms with Crippen molar-refractivity contribution in [3.63, 3.8) is 0 Å². The first-order chi connectivity index (χ1) is 11.0. The molecule has 2 rings (SSSR count). The Morgan fingerprint density at radius 2 is 2.04 bits per heavy atom. The van der Waals surface area contributed by atoms with Crippen LogP contribution in [0.4, 0.5) is 10.5 Å². The SMILES string of the molecule is CC(C)c1cccc(OCc2c(Cl)cccc2NC(=O)NN)n1. The maximum Gasteiger partial charge on any atom is 0.333 e. The summed E-state index contributed by atoms with van der Waals surface area (Å²) in [6, 6.07) is 10.3. The van der Waals surface area contributed by atoms with Crippen molar-refractivity contribution in [1.29, 1.82) is 0 Å². The standard InChI is InChI=1S/C16H19ClN4O2/c1-10(2)13-6-4-8-15(19-13)23-9-11-12(17)5-3-7-14(11)20-16(22)21-18/h3-8,10H,9,18H2,1-2H3,(H2,20,21,22). The number of amides is 2. The molecule has 4 N–H and O–H groups in total. The maximum absolute atomic E-state index is 11.4. The summed E-state index contributed by atoms with van der Waals surface area (Å²) in [5.74, 6) is 5.90. The summed E-state index contributed by atoms with van der Waals surface area (Å²) in [6.45, 7) is 4.30. The van der Waals surface area contributed by atoms with Crippen molar-refractivity contribution >= 4 is 23.3 Å². The fourth-order valence-corrected chi connectivity index (χ4v) is 2.19. The molecule has 1 heterocycles. The van der Waals surface area contributed by atoms with Gasteiger partial charge in [0.15, 0.2) is 0 Å². The summed E-state index contributed by atoms with van der Waals surface area (Å²) in [5.41, 5.74) is 4.13. The van der Waals surface area contributed by atoms with Crippen LogP contribution in [0.1, 0.15) is 31.0 Å². The van der Waals surface area contributed by atoms with Gasteiger partial charge in [-0.2, -0.15) is 0 Å². The third-order valence-corrected chi connectivity index (χ3v) is 3.55. The number of hydrogen-bond acceptors (Lipinski definition) is 4. The summed E-state index contributed by atoms with van der Waals surface area (Å²) in [5, 5.41) is 3.09. The molecule has 0 saturated carbocycles. The van der Waals surface area contributed by atoms with E-state index >= 15 is 0 Å². The molecule has 0 aliphatic rings. The van der Waals surface area contributed by atoms with Gasteiger partial charge in [-0.1, -0.05) is 37.6 Å². The minimum absolute atomic E-state index is 0.175. The Labute approximate surface area is 140 Å².